The maximum Gasteiger partial charge on any atom is 0.271 e. The molecule has 1 aliphatic rings. The second kappa shape index (κ2) is 7.23. The van der Waals surface area contributed by atoms with E-state index >= 15 is 0 Å². The Hall–Kier alpha value is -2.05. The molecule has 1 aliphatic heterocycles. The molecule has 0 aliphatic carbocycles. The van der Waals surface area contributed by atoms with Crippen molar-refractivity contribution in [2.75, 3.05) is 20.1 Å². The van der Waals surface area contributed by atoms with Gasteiger partial charge in [-0.2, -0.15) is 0 Å². The fraction of sp³-hybridized carbons (Fsp3) is 0.353. The molecule has 2 atom stereocenters. The minimum Gasteiger partial charge on any atom is -0.350 e. The van der Waals surface area contributed by atoms with Crippen molar-refractivity contribution >= 4 is 17.5 Å². The molecule has 7 heteroatoms. The fourth-order valence-corrected chi connectivity index (χ4v) is 3.31. The Kier molecular flexibility index (Phi) is 5.06. The number of hydrogen-bond donors (Lipinski definition) is 1. The van der Waals surface area contributed by atoms with Gasteiger partial charge >= 0.3 is 0 Å². The van der Waals surface area contributed by atoms with Gasteiger partial charge in [0.05, 0.1) is 11.2 Å². The van der Waals surface area contributed by atoms with Gasteiger partial charge in [0.2, 0.25) is 0 Å². The van der Waals surface area contributed by atoms with Crippen molar-refractivity contribution in [3.8, 4) is 0 Å². The van der Waals surface area contributed by atoms with Crippen LogP contribution in [0.3, 0.4) is 0 Å². The van der Waals surface area contributed by atoms with Crippen molar-refractivity contribution in [2.24, 2.45) is 5.92 Å². The Bertz CT molecular complexity index is 728. The van der Waals surface area contributed by atoms with Crippen molar-refractivity contribution in [3.63, 3.8) is 0 Å². The molecule has 0 spiro atoms. The lowest BCUT2D eigenvalue weighted by molar-refractivity contribution is 0.0938. The summed E-state index contributed by atoms with van der Waals surface area (Å²) in [5.74, 6) is -0.480. The summed E-state index contributed by atoms with van der Waals surface area (Å²) in [6, 6.07) is 4.94. The average Bonchev–Trinajstić information content (AvgIpc) is 2.96. The molecule has 1 aromatic heterocycles. The maximum atomic E-state index is 13.8. The van der Waals surface area contributed by atoms with E-state index in [1.54, 1.807) is 6.07 Å². The molecule has 2 heterocycles. The number of carbonyl (C=O) groups excluding carboxylic acids is 1. The number of halogens is 2. The number of carbonyl (C=O) groups is 1. The summed E-state index contributed by atoms with van der Waals surface area (Å²) in [7, 11) is 2.00. The molecule has 5 nitrogen and oxygen atoms in total. The van der Waals surface area contributed by atoms with Crippen LogP contribution in [0.1, 0.15) is 28.5 Å². The van der Waals surface area contributed by atoms with Gasteiger partial charge < -0.3 is 5.32 Å². The Morgan fingerprint density at radius 1 is 1.46 bits per heavy atom. The van der Waals surface area contributed by atoms with Gasteiger partial charge in [-0.15, -0.1) is 0 Å². The predicted molar refractivity (Wildman–Crippen MR) is 89.3 cm³/mol. The van der Waals surface area contributed by atoms with Crippen LogP contribution >= 0.6 is 11.6 Å². The summed E-state index contributed by atoms with van der Waals surface area (Å²) >= 11 is 5.77. The van der Waals surface area contributed by atoms with Crippen LogP contribution < -0.4 is 5.32 Å². The first-order valence-corrected chi connectivity index (χ1v) is 8.13. The third-order valence-electron chi connectivity index (χ3n) is 4.38. The highest BCUT2D eigenvalue weighted by Crippen LogP contribution is 2.36. The van der Waals surface area contributed by atoms with Gasteiger partial charge in [0.1, 0.15) is 11.5 Å². The minimum absolute atomic E-state index is 0.0407. The Balaban J connectivity index is 1.70. The van der Waals surface area contributed by atoms with Gasteiger partial charge in [0.25, 0.3) is 5.91 Å². The molecule has 1 saturated heterocycles. The normalized spacial score (nSPS) is 21.0. The zero-order chi connectivity index (χ0) is 17.1. The third kappa shape index (κ3) is 3.55. The van der Waals surface area contributed by atoms with Crippen LogP contribution in [0.5, 0.6) is 0 Å². The smallest absolute Gasteiger partial charge is 0.271 e. The molecule has 24 heavy (non-hydrogen) atoms. The number of nitrogens with zero attached hydrogens (tertiary/aromatic N) is 3. The summed E-state index contributed by atoms with van der Waals surface area (Å²) in [4.78, 5) is 22.2. The highest BCUT2D eigenvalue weighted by atomic mass is 35.5. The van der Waals surface area contributed by atoms with Gasteiger partial charge in [-0.1, -0.05) is 17.7 Å². The van der Waals surface area contributed by atoms with Crippen LogP contribution in [0, 0.1) is 11.7 Å². The topological polar surface area (TPSA) is 58.1 Å². The highest BCUT2D eigenvalue weighted by molar-refractivity contribution is 6.30. The SMILES string of the molecule is CN1CC[C@@H](CNC(=O)c2cnccn2)[C@H]1c1ccc(Cl)c(F)c1. The van der Waals surface area contributed by atoms with Crippen LogP contribution in [0.2, 0.25) is 5.02 Å². The lowest BCUT2D eigenvalue weighted by Gasteiger charge is -2.26. The first-order chi connectivity index (χ1) is 11.6. The van der Waals surface area contributed by atoms with Crippen molar-refractivity contribution in [3.05, 3.63) is 58.9 Å². The largest absolute Gasteiger partial charge is 0.350 e. The predicted octanol–water partition coefficient (Wildman–Crippen LogP) is 2.69. The average molecular weight is 349 g/mol. The van der Waals surface area contributed by atoms with Crippen molar-refractivity contribution in [1.82, 2.24) is 20.2 Å². The molecule has 2 aromatic rings. The second-order valence-electron chi connectivity index (χ2n) is 5.95. The van der Waals surface area contributed by atoms with E-state index in [4.69, 9.17) is 11.6 Å². The summed E-state index contributed by atoms with van der Waals surface area (Å²) in [5.41, 5.74) is 1.16. The maximum absolute atomic E-state index is 13.8. The summed E-state index contributed by atoms with van der Waals surface area (Å²) in [6.07, 6.45) is 5.36. The Morgan fingerprint density at radius 3 is 3.00 bits per heavy atom. The van der Waals surface area contributed by atoms with Crippen molar-refractivity contribution in [1.29, 1.82) is 0 Å². The summed E-state index contributed by atoms with van der Waals surface area (Å²) in [6.45, 7) is 1.38. The molecular formula is C17H18ClFN4O. The third-order valence-corrected chi connectivity index (χ3v) is 4.69. The molecule has 1 fully saturated rings. The monoisotopic (exact) mass is 348 g/mol. The van der Waals surface area contributed by atoms with E-state index in [1.165, 1.54) is 24.7 Å². The van der Waals surface area contributed by atoms with Crippen molar-refractivity contribution in [2.45, 2.75) is 12.5 Å². The number of amides is 1. The first kappa shape index (κ1) is 16.8. The van der Waals surface area contributed by atoms with Crippen LogP contribution in [-0.2, 0) is 0 Å². The van der Waals surface area contributed by atoms with E-state index in [-0.39, 0.29) is 28.6 Å². The second-order valence-corrected chi connectivity index (χ2v) is 6.36. The number of benzene rings is 1. The standard InChI is InChI=1S/C17H18ClFN4O/c1-23-7-4-12(9-22-17(24)15-10-20-5-6-21-15)16(23)11-2-3-13(18)14(19)8-11/h2-3,5-6,8,10,12,16H,4,7,9H2,1H3,(H,22,24)/t12-,16+/m0/s1. The molecule has 0 bridgehead atoms. The molecule has 3 rings (SSSR count). The molecule has 1 aromatic carbocycles. The van der Waals surface area contributed by atoms with Crippen LogP contribution in [0.4, 0.5) is 4.39 Å². The zero-order valence-corrected chi connectivity index (χ0v) is 14.0. The molecule has 0 radical (unpaired) electrons. The molecule has 0 saturated carbocycles. The minimum atomic E-state index is -0.420. The van der Waals surface area contributed by atoms with Crippen LogP contribution in [0.15, 0.2) is 36.8 Å². The van der Waals surface area contributed by atoms with Crippen LogP contribution in [-0.4, -0.2) is 40.9 Å². The first-order valence-electron chi connectivity index (χ1n) is 7.75. The van der Waals surface area contributed by atoms with E-state index in [1.807, 2.05) is 13.1 Å². The highest BCUT2D eigenvalue weighted by Gasteiger charge is 2.33. The summed E-state index contributed by atoms with van der Waals surface area (Å²) < 4.78 is 13.8. The lowest BCUT2D eigenvalue weighted by Crippen LogP contribution is -2.32. The van der Waals surface area contributed by atoms with E-state index in [2.05, 4.69) is 20.2 Å². The number of aromatic nitrogens is 2. The number of rotatable bonds is 4. The van der Waals surface area contributed by atoms with Gasteiger partial charge in [0.15, 0.2) is 0 Å². The molecule has 126 valence electrons. The zero-order valence-electron chi connectivity index (χ0n) is 13.2. The quantitative estimate of drug-likeness (QED) is 0.923. The number of likely N-dealkylation sites (tertiary alicyclic amines) is 1. The van der Waals surface area contributed by atoms with E-state index < -0.39 is 5.82 Å². The molecule has 1 N–H and O–H groups in total. The lowest BCUT2D eigenvalue weighted by atomic mass is 9.93. The molecule has 1 amide bonds. The van der Waals surface area contributed by atoms with Gasteiger partial charge in [-0.05, 0) is 43.6 Å². The van der Waals surface area contributed by atoms with E-state index in [9.17, 15) is 9.18 Å². The van der Waals surface area contributed by atoms with Gasteiger partial charge in [-0.25, -0.2) is 9.37 Å². The van der Waals surface area contributed by atoms with E-state index in [0.717, 1.165) is 18.5 Å². The van der Waals surface area contributed by atoms with Gasteiger partial charge in [-0.3, -0.25) is 14.7 Å². The Morgan fingerprint density at radius 2 is 2.29 bits per heavy atom. The fourth-order valence-electron chi connectivity index (χ4n) is 3.19. The van der Waals surface area contributed by atoms with Crippen molar-refractivity contribution < 1.29 is 9.18 Å². The van der Waals surface area contributed by atoms with E-state index in [0.29, 0.717) is 6.54 Å². The number of hydrogen-bond acceptors (Lipinski definition) is 4. The Labute approximate surface area is 144 Å². The van der Waals surface area contributed by atoms with Gasteiger partial charge in [0, 0.05) is 25.0 Å². The van der Waals surface area contributed by atoms with Crippen LogP contribution in [0.25, 0.3) is 0 Å². The summed E-state index contributed by atoms with van der Waals surface area (Å²) in [5, 5.41) is 3.02. The molecule has 0 unspecified atom stereocenters. The number of nitrogens with one attached hydrogen (secondary N) is 1. The molecular weight excluding hydrogens is 331 g/mol.